The van der Waals surface area contributed by atoms with Gasteiger partial charge in [0.05, 0.1) is 22.2 Å². The first kappa shape index (κ1) is 27.3. The Morgan fingerprint density at radius 2 is 1.78 bits per heavy atom. The molecule has 1 aromatic carbocycles. The van der Waals surface area contributed by atoms with Gasteiger partial charge in [-0.25, -0.2) is 8.42 Å². The predicted molar refractivity (Wildman–Crippen MR) is 131 cm³/mol. The summed E-state index contributed by atoms with van der Waals surface area (Å²) in [6.45, 7) is 9.09. The summed E-state index contributed by atoms with van der Waals surface area (Å²) in [5.74, 6) is -0.319. The van der Waals surface area contributed by atoms with E-state index in [1.807, 2.05) is 0 Å². The van der Waals surface area contributed by atoms with Crippen molar-refractivity contribution in [3.8, 4) is 18.0 Å². The van der Waals surface area contributed by atoms with E-state index in [2.05, 4.69) is 33.4 Å². The molecule has 3 rings (SSSR count). The minimum Gasteiger partial charge on any atom is -0.460 e. The van der Waals surface area contributed by atoms with Gasteiger partial charge >= 0.3 is 18.0 Å². The Morgan fingerprint density at radius 3 is 2.33 bits per heavy atom. The van der Waals surface area contributed by atoms with Crippen molar-refractivity contribution in [1.29, 1.82) is 0 Å². The number of anilines is 1. The van der Waals surface area contributed by atoms with Gasteiger partial charge in [-0.2, -0.15) is 4.31 Å². The Labute approximate surface area is 213 Å². The lowest BCUT2D eigenvalue weighted by atomic mass is 10.3. The normalized spacial score (nSPS) is 16.1. The number of benzene rings is 1. The van der Waals surface area contributed by atoms with Crippen molar-refractivity contribution in [2.45, 2.75) is 17.9 Å². The van der Waals surface area contributed by atoms with Crippen molar-refractivity contribution in [3.05, 3.63) is 48.5 Å². The maximum absolute atomic E-state index is 13.2. The number of halogens is 1. The second-order valence-electron chi connectivity index (χ2n) is 7.37. The molecule has 0 bridgehead atoms. The second-order valence-corrected chi connectivity index (χ2v) is 9.72. The molecular weight excluding hydrogens is 514 g/mol. The van der Waals surface area contributed by atoms with Crippen LogP contribution < -0.4 is 19.5 Å². The molecule has 0 radical (unpaired) electrons. The average Bonchev–Trinajstić information content (AvgIpc) is 2.86. The summed E-state index contributed by atoms with van der Waals surface area (Å²) in [5, 5.41) is 2.65. The fourth-order valence-corrected chi connectivity index (χ4v) is 4.83. The first-order valence-electron chi connectivity index (χ1n) is 10.8. The molecule has 0 aliphatic carbocycles. The highest BCUT2D eigenvalue weighted by atomic mass is 35.5. The lowest BCUT2D eigenvalue weighted by molar-refractivity contribution is -0.114. The van der Waals surface area contributed by atoms with E-state index >= 15 is 0 Å². The molecule has 2 heterocycles. The largest absolute Gasteiger partial charge is 0.460 e. The van der Waals surface area contributed by atoms with Crippen molar-refractivity contribution in [3.63, 3.8) is 0 Å². The summed E-state index contributed by atoms with van der Waals surface area (Å²) in [6, 6.07) is 4.00. The number of ether oxygens (including phenoxy) is 4. The minimum absolute atomic E-state index is 0.00587. The highest BCUT2D eigenvalue weighted by Crippen LogP contribution is 2.28. The number of hydrogen-bond donors (Lipinski definition) is 1. The van der Waals surface area contributed by atoms with Crippen LogP contribution >= 0.6 is 11.6 Å². The number of carbonyl (C=O) groups is 1. The SMILES string of the molecule is C=CCOc1nc(OCC=C)nc(OCC2CN(S(=O)(=O)c3ccc(NC(C)=O)c(Cl)c3)CCO2)n1. The van der Waals surface area contributed by atoms with Crippen LogP contribution in [0.4, 0.5) is 5.69 Å². The Balaban J connectivity index is 1.68. The molecule has 1 aliphatic heterocycles. The van der Waals surface area contributed by atoms with Gasteiger partial charge in [0.15, 0.2) is 0 Å². The molecule has 1 aliphatic rings. The van der Waals surface area contributed by atoms with Crippen LogP contribution in [0.25, 0.3) is 0 Å². The van der Waals surface area contributed by atoms with Crippen LogP contribution in [-0.2, 0) is 19.6 Å². The van der Waals surface area contributed by atoms with Crippen molar-refractivity contribution in [2.24, 2.45) is 0 Å². The van der Waals surface area contributed by atoms with Crippen LogP contribution in [0.3, 0.4) is 0 Å². The fourth-order valence-electron chi connectivity index (χ4n) is 3.06. The average molecular weight is 540 g/mol. The standard InChI is InChI=1S/C22H26ClN5O7S/c1-4-9-33-20-25-21(34-10-5-2)27-22(26-20)35-14-16-13-28(8-11-32-16)36(30,31)17-6-7-19(18(23)12-17)24-15(3)29/h4-7,12,16H,1-2,8-11,13-14H2,3H3,(H,24,29). The van der Waals surface area contributed by atoms with Gasteiger partial charge in [-0.15, -0.1) is 15.0 Å². The van der Waals surface area contributed by atoms with Crippen molar-refractivity contribution in [1.82, 2.24) is 19.3 Å². The summed E-state index contributed by atoms with van der Waals surface area (Å²) in [6.07, 6.45) is 2.45. The third-order valence-electron chi connectivity index (χ3n) is 4.62. The first-order chi connectivity index (χ1) is 17.2. The molecule has 36 heavy (non-hydrogen) atoms. The van der Waals surface area contributed by atoms with Gasteiger partial charge < -0.3 is 24.3 Å². The smallest absolute Gasteiger partial charge is 0.326 e. The quantitative estimate of drug-likeness (QED) is 0.398. The first-order valence-corrected chi connectivity index (χ1v) is 12.6. The van der Waals surface area contributed by atoms with E-state index in [4.69, 9.17) is 30.5 Å². The van der Waals surface area contributed by atoms with Crippen LogP contribution in [0.1, 0.15) is 6.92 Å². The highest BCUT2D eigenvalue weighted by Gasteiger charge is 2.32. The van der Waals surface area contributed by atoms with Crippen molar-refractivity contribution in [2.75, 3.05) is 44.8 Å². The molecule has 1 N–H and O–H groups in total. The number of sulfonamides is 1. The van der Waals surface area contributed by atoms with E-state index in [9.17, 15) is 13.2 Å². The van der Waals surface area contributed by atoms with Gasteiger partial charge in [-0.1, -0.05) is 36.9 Å². The fraction of sp³-hybridized carbons (Fsp3) is 0.364. The zero-order chi connectivity index (χ0) is 26.1. The molecular formula is C22H26ClN5O7S. The summed E-state index contributed by atoms with van der Waals surface area (Å²) in [4.78, 5) is 23.4. The summed E-state index contributed by atoms with van der Waals surface area (Å²) < 4.78 is 49.6. The number of morpholine rings is 1. The Hall–Kier alpha value is -3.26. The molecule has 1 aromatic heterocycles. The zero-order valence-electron chi connectivity index (χ0n) is 19.6. The van der Waals surface area contributed by atoms with E-state index in [1.165, 1.54) is 41.6 Å². The second kappa shape index (κ2) is 12.6. The van der Waals surface area contributed by atoms with Crippen LogP contribution in [0, 0.1) is 0 Å². The minimum atomic E-state index is -3.88. The van der Waals surface area contributed by atoms with E-state index in [0.717, 1.165) is 0 Å². The number of rotatable bonds is 12. The molecule has 1 unspecified atom stereocenters. The topological polar surface area (TPSA) is 142 Å². The summed E-state index contributed by atoms with van der Waals surface area (Å²) in [5.41, 5.74) is 0.321. The van der Waals surface area contributed by atoms with E-state index < -0.39 is 16.1 Å². The van der Waals surface area contributed by atoms with Crippen LogP contribution in [0.2, 0.25) is 5.02 Å². The lowest BCUT2D eigenvalue weighted by Gasteiger charge is -2.31. The van der Waals surface area contributed by atoms with Gasteiger partial charge in [0.1, 0.15) is 25.9 Å². The molecule has 1 amide bonds. The van der Waals surface area contributed by atoms with Crippen LogP contribution in [-0.4, -0.2) is 79.2 Å². The highest BCUT2D eigenvalue weighted by molar-refractivity contribution is 7.89. The molecule has 12 nitrogen and oxygen atoms in total. The molecule has 1 saturated heterocycles. The van der Waals surface area contributed by atoms with Gasteiger partial charge in [-0.05, 0) is 18.2 Å². The molecule has 194 valence electrons. The maximum atomic E-state index is 13.2. The van der Waals surface area contributed by atoms with Crippen molar-refractivity contribution < 1.29 is 32.2 Å². The third kappa shape index (κ3) is 7.37. The molecule has 1 fully saturated rings. The third-order valence-corrected chi connectivity index (χ3v) is 6.80. The Kier molecular flexibility index (Phi) is 9.58. The Bertz CT molecular complexity index is 1180. The number of carbonyl (C=O) groups excluding carboxylic acids is 1. The van der Waals surface area contributed by atoms with Gasteiger partial charge in [0.2, 0.25) is 15.9 Å². The summed E-state index contributed by atoms with van der Waals surface area (Å²) >= 11 is 6.16. The number of nitrogens with zero attached hydrogens (tertiary/aromatic N) is 4. The van der Waals surface area contributed by atoms with Crippen LogP contribution in [0.15, 0.2) is 48.4 Å². The molecule has 1 atom stereocenters. The van der Waals surface area contributed by atoms with Crippen LogP contribution in [0.5, 0.6) is 18.0 Å². The van der Waals surface area contributed by atoms with Gasteiger partial charge in [0, 0.05) is 20.0 Å². The number of nitrogens with one attached hydrogen (secondary N) is 1. The monoisotopic (exact) mass is 539 g/mol. The number of aromatic nitrogens is 3. The van der Waals surface area contributed by atoms with E-state index in [-0.39, 0.29) is 73.4 Å². The molecule has 2 aromatic rings. The molecule has 14 heteroatoms. The lowest BCUT2D eigenvalue weighted by Crippen LogP contribution is -2.47. The van der Waals surface area contributed by atoms with Gasteiger partial charge in [-0.3, -0.25) is 4.79 Å². The Morgan fingerprint density at radius 1 is 1.17 bits per heavy atom. The van der Waals surface area contributed by atoms with E-state index in [0.29, 0.717) is 5.69 Å². The zero-order valence-corrected chi connectivity index (χ0v) is 21.1. The predicted octanol–water partition coefficient (Wildman–Crippen LogP) is 2.08. The number of hydrogen-bond acceptors (Lipinski definition) is 10. The summed E-state index contributed by atoms with van der Waals surface area (Å²) in [7, 11) is -3.88. The number of amides is 1. The van der Waals surface area contributed by atoms with Gasteiger partial charge in [0.25, 0.3) is 0 Å². The van der Waals surface area contributed by atoms with E-state index in [1.54, 1.807) is 0 Å². The molecule has 0 saturated carbocycles. The maximum Gasteiger partial charge on any atom is 0.326 e. The molecule has 0 spiro atoms. The van der Waals surface area contributed by atoms with Crippen molar-refractivity contribution >= 4 is 33.2 Å².